The zero-order chi connectivity index (χ0) is 19.3. The molecule has 5 heteroatoms. The van der Waals surface area contributed by atoms with E-state index in [4.69, 9.17) is 0 Å². The second-order valence-electron chi connectivity index (χ2n) is 8.41. The predicted molar refractivity (Wildman–Crippen MR) is 111 cm³/mol. The molecule has 5 nitrogen and oxygen atoms in total. The molecule has 150 valence electrons. The molecule has 0 saturated carbocycles. The van der Waals surface area contributed by atoms with E-state index in [0.717, 1.165) is 51.4 Å². The Balaban J connectivity index is 1.29. The van der Waals surface area contributed by atoms with E-state index in [2.05, 4.69) is 49.7 Å². The minimum Gasteiger partial charge on any atom is -0.338 e. The molecule has 0 aliphatic carbocycles. The number of hydrogen-bond acceptors (Lipinski definition) is 3. The molecule has 5 rings (SSSR count). The average Bonchev–Trinajstić information content (AvgIpc) is 2.92. The first-order valence-corrected chi connectivity index (χ1v) is 10.7. The van der Waals surface area contributed by atoms with Crippen molar-refractivity contribution in [1.29, 1.82) is 0 Å². The van der Waals surface area contributed by atoms with Crippen LogP contribution in [0.4, 0.5) is 0 Å². The van der Waals surface area contributed by atoms with Crippen LogP contribution in [0.1, 0.15) is 37.1 Å². The Hall–Kier alpha value is -2.14. The highest BCUT2D eigenvalue weighted by Crippen LogP contribution is 2.28. The molecule has 1 amide bonds. The molecule has 0 spiro atoms. The fourth-order valence-electron chi connectivity index (χ4n) is 4.82. The van der Waals surface area contributed by atoms with Gasteiger partial charge in [-0.25, -0.2) is 4.98 Å². The minimum atomic E-state index is 0.314. The normalized spacial score (nSPS) is 22.4. The van der Waals surface area contributed by atoms with E-state index in [0.29, 0.717) is 24.3 Å². The molecule has 3 saturated heterocycles. The average molecular weight is 381 g/mol. The monoisotopic (exact) mass is 380 g/mol. The number of piperidine rings is 1. The number of imidazole rings is 1. The second-order valence-corrected chi connectivity index (χ2v) is 8.41. The predicted octanol–water partition coefficient (Wildman–Crippen LogP) is 3.14. The molecule has 3 fully saturated rings. The van der Waals surface area contributed by atoms with E-state index in [9.17, 15) is 4.79 Å². The summed E-state index contributed by atoms with van der Waals surface area (Å²) in [6.45, 7) is 7.00. The maximum atomic E-state index is 12.9. The number of nitrogens with zero attached hydrogens (tertiary/aromatic N) is 4. The molecule has 3 aliphatic heterocycles. The Morgan fingerprint density at radius 3 is 2.75 bits per heavy atom. The number of fused-ring (bicyclic) bond motifs is 4. The lowest BCUT2D eigenvalue weighted by Gasteiger charge is -2.36. The Labute approximate surface area is 168 Å². The lowest BCUT2D eigenvalue weighted by atomic mass is 9.94. The van der Waals surface area contributed by atoms with Crippen molar-refractivity contribution in [2.24, 2.45) is 5.92 Å². The van der Waals surface area contributed by atoms with E-state index < -0.39 is 0 Å². The SMILES string of the molecule is Cc1nccn1CCC(=O)N1C[C@@H]2CC[C@H]1CN(CCCc1ccccc1)C2. The van der Waals surface area contributed by atoms with Gasteiger partial charge in [0, 0.05) is 51.0 Å². The third-order valence-corrected chi connectivity index (χ3v) is 6.38. The number of aryl methyl sites for hydroxylation is 3. The topological polar surface area (TPSA) is 41.4 Å². The molecular formula is C23H32N4O. The van der Waals surface area contributed by atoms with Crippen molar-refractivity contribution in [2.75, 3.05) is 26.2 Å². The van der Waals surface area contributed by atoms with Gasteiger partial charge < -0.3 is 14.4 Å². The Morgan fingerprint density at radius 2 is 1.96 bits per heavy atom. The van der Waals surface area contributed by atoms with Crippen LogP contribution in [0.3, 0.4) is 0 Å². The van der Waals surface area contributed by atoms with Crippen molar-refractivity contribution in [2.45, 2.75) is 51.6 Å². The molecule has 0 N–H and O–H groups in total. The fourth-order valence-corrected chi connectivity index (χ4v) is 4.82. The van der Waals surface area contributed by atoms with Crippen molar-refractivity contribution in [3.05, 3.63) is 54.1 Å². The highest BCUT2D eigenvalue weighted by atomic mass is 16.2. The van der Waals surface area contributed by atoms with Crippen LogP contribution in [-0.4, -0.2) is 57.5 Å². The van der Waals surface area contributed by atoms with Gasteiger partial charge in [0.25, 0.3) is 0 Å². The molecule has 0 unspecified atom stereocenters. The number of rotatable bonds is 7. The third kappa shape index (κ3) is 4.64. The van der Waals surface area contributed by atoms with Crippen molar-refractivity contribution in [1.82, 2.24) is 19.4 Å². The van der Waals surface area contributed by atoms with Crippen LogP contribution in [0.25, 0.3) is 0 Å². The van der Waals surface area contributed by atoms with Gasteiger partial charge >= 0.3 is 0 Å². The van der Waals surface area contributed by atoms with Gasteiger partial charge in [-0.05, 0) is 50.6 Å². The summed E-state index contributed by atoms with van der Waals surface area (Å²) in [6.07, 6.45) is 9.11. The fraction of sp³-hybridized carbons (Fsp3) is 0.565. The summed E-state index contributed by atoms with van der Waals surface area (Å²) >= 11 is 0. The lowest BCUT2D eigenvalue weighted by Crippen LogP contribution is -2.47. The molecule has 2 aromatic rings. The first-order valence-electron chi connectivity index (χ1n) is 10.7. The Morgan fingerprint density at radius 1 is 1.11 bits per heavy atom. The highest BCUT2D eigenvalue weighted by Gasteiger charge is 2.36. The van der Waals surface area contributed by atoms with E-state index >= 15 is 0 Å². The Bertz CT molecular complexity index is 772. The van der Waals surface area contributed by atoms with Gasteiger partial charge in [-0.3, -0.25) is 4.79 Å². The maximum absolute atomic E-state index is 12.9. The molecule has 1 aromatic carbocycles. The van der Waals surface area contributed by atoms with E-state index in [1.807, 2.05) is 13.1 Å². The number of hydrogen-bond donors (Lipinski definition) is 0. The van der Waals surface area contributed by atoms with Crippen LogP contribution in [0.15, 0.2) is 42.7 Å². The van der Waals surface area contributed by atoms with Crippen LogP contribution >= 0.6 is 0 Å². The van der Waals surface area contributed by atoms with Crippen molar-refractivity contribution < 1.29 is 4.79 Å². The van der Waals surface area contributed by atoms with Crippen LogP contribution in [0, 0.1) is 12.8 Å². The summed E-state index contributed by atoms with van der Waals surface area (Å²) in [5.41, 5.74) is 1.42. The molecule has 0 radical (unpaired) electrons. The van der Waals surface area contributed by atoms with E-state index in [1.54, 1.807) is 6.20 Å². The molecule has 1 aromatic heterocycles. The van der Waals surface area contributed by atoms with Crippen LogP contribution in [0.5, 0.6) is 0 Å². The van der Waals surface area contributed by atoms with Crippen molar-refractivity contribution in [3.8, 4) is 0 Å². The number of amides is 1. The van der Waals surface area contributed by atoms with Gasteiger partial charge in [0.05, 0.1) is 0 Å². The quantitative estimate of drug-likeness (QED) is 0.741. The minimum absolute atomic E-state index is 0.314. The summed E-state index contributed by atoms with van der Waals surface area (Å²) in [5.74, 6) is 1.93. The van der Waals surface area contributed by atoms with Gasteiger partial charge in [-0.1, -0.05) is 30.3 Å². The van der Waals surface area contributed by atoms with Gasteiger partial charge in [0.2, 0.25) is 5.91 Å². The first-order chi connectivity index (χ1) is 13.7. The Kier molecular flexibility index (Phi) is 6.10. The smallest absolute Gasteiger partial charge is 0.224 e. The van der Waals surface area contributed by atoms with Crippen molar-refractivity contribution >= 4 is 5.91 Å². The number of benzene rings is 1. The number of carbonyl (C=O) groups is 1. The van der Waals surface area contributed by atoms with Gasteiger partial charge in [-0.15, -0.1) is 0 Å². The van der Waals surface area contributed by atoms with E-state index in [1.165, 1.54) is 18.4 Å². The summed E-state index contributed by atoms with van der Waals surface area (Å²) in [7, 11) is 0. The largest absolute Gasteiger partial charge is 0.338 e. The zero-order valence-electron chi connectivity index (χ0n) is 17.0. The van der Waals surface area contributed by atoms with E-state index in [-0.39, 0.29) is 0 Å². The summed E-state index contributed by atoms with van der Waals surface area (Å²) in [5, 5.41) is 0. The molecule has 3 aliphatic rings. The second kappa shape index (κ2) is 8.91. The summed E-state index contributed by atoms with van der Waals surface area (Å²) < 4.78 is 2.07. The van der Waals surface area contributed by atoms with Crippen LogP contribution in [-0.2, 0) is 17.8 Å². The van der Waals surface area contributed by atoms with Crippen molar-refractivity contribution in [3.63, 3.8) is 0 Å². The molecule has 2 bridgehead atoms. The number of carbonyl (C=O) groups excluding carboxylic acids is 1. The third-order valence-electron chi connectivity index (χ3n) is 6.38. The molecule has 28 heavy (non-hydrogen) atoms. The maximum Gasteiger partial charge on any atom is 0.224 e. The standard InChI is InChI=1S/C23H32N4O/c1-19-24-12-15-26(19)14-11-23(28)27-17-21-9-10-22(27)18-25(16-21)13-5-8-20-6-3-2-4-7-20/h2-4,6-7,12,15,21-22H,5,8-11,13-14,16-18H2,1H3/t21-,22+/m1/s1. The van der Waals surface area contributed by atoms with Gasteiger partial charge in [0.1, 0.15) is 5.82 Å². The summed E-state index contributed by atoms with van der Waals surface area (Å²) in [4.78, 5) is 22.0. The summed E-state index contributed by atoms with van der Waals surface area (Å²) in [6, 6.07) is 11.2. The first kappa shape index (κ1) is 19.2. The zero-order valence-corrected chi connectivity index (χ0v) is 17.0. The van der Waals surface area contributed by atoms with Crippen LogP contribution in [0.2, 0.25) is 0 Å². The molecule has 4 heterocycles. The van der Waals surface area contributed by atoms with Crippen LogP contribution < -0.4 is 0 Å². The highest BCUT2D eigenvalue weighted by molar-refractivity contribution is 5.76. The van der Waals surface area contributed by atoms with Gasteiger partial charge in [-0.2, -0.15) is 0 Å². The molecular weight excluding hydrogens is 348 g/mol. The molecule has 2 atom stereocenters. The lowest BCUT2D eigenvalue weighted by molar-refractivity contribution is -0.135. The van der Waals surface area contributed by atoms with Gasteiger partial charge in [0.15, 0.2) is 0 Å². The number of aromatic nitrogens is 2.